The Labute approximate surface area is 115 Å². The number of ether oxygens (including phenoxy) is 2. The molecule has 1 aromatic rings. The molecule has 8 heteroatoms. The highest BCUT2D eigenvalue weighted by molar-refractivity contribution is 9.10. The van der Waals surface area contributed by atoms with Gasteiger partial charge in [0.1, 0.15) is 5.75 Å². The number of hydrogen-bond donors (Lipinski definition) is 1. The van der Waals surface area contributed by atoms with Crippen molar-refractivity contribution in [2.24, 2.45) is 0 Å². The van der Waals surface area contributed by atoms with E-state index in [1.54, 1.807) is 6.92 Å². The molecule has 1 rings (SSSR count). The lowest BCUT2D eigenvalue weighted by Gasteiger charge is -2.13. The Balaban J connectivity index is 2.99. The second-order valence-electron chi connectivity index (χ2n) is 3.53. The monoisotopic (exact) mass is 341 g/mol. The van der Waals surface area contributed by atoms with Gasteiger partial charge in [0.15, 0.2) is 0 Å². The molecule has 0 aromatic heterocycles. The summed E-state index contributed by atoms with van der Waals surface area (Å²) in [5.41, 5.74) is 5.86. The van der Waals surface area contributed by atoms with Gasteiger partial charge in [0.05, 0.1) is 17.5 Å². The van der Waals surface area contributed by atoms with Crippen LogP contribution in [0.3, 0.4) is 0 Å². The third-order valence-corrected chi connectivity index (χ3v) is 2.86. The van der Waals surface area contributed by atoms with Gasteiger partial charge in [-0.1, -0.05) is 0 Å². The second-order valence-corrected chi connectivity index (χ2v) is 4.32. The highest BCUT2D eigenvalue weighted by atomic mass is 79.9. The van der Waals surface area contributed by atoms with Gasteiger partial charge in [-0.25, -0.2) is 0 Å². The van der Waals surface area contributed by atoms with Crippen molar-refractivity contribution in [2.45, 2.75) is 19.7 Å². The van der Waals surface area contributed by atoms with E-state index in [0.29, 0.717) is 0 Å². The number of anilines is 1. The third kappa shape index (κ3) is 4.98. The van der Waals surface area contributed by atoms with Crippen molar-refractivity contribution < 1.29 is 27.4 Å². The smallest absolute Gasteiger partial charge is 0.466 e. The molecule has 0 heterocycles. The van der Waals surface area contributed by atoms with E-state index in [1.165, 1.54) is 6.07 Å². The van der Waals surface area contributed by atoms with E-state index >= 15 is 0 Å². The lowest BCUT2D eigenvalue weighted by Crippen LogP contribution is -2.18. The van der Waals surface area contributed by atoms with Gasteiger partial charge in [-0.2, -0.15) is 0 Å². The Hall–Kier alpha value is -1.44. The number of benzene rings is 1. The van der Waals surface area contributed by atoms with Crippen LogP contribution in [0.2, 0.25) is 0 Å². The second kappa shape index (κ2) is 6.14. The molecule has 1 aromatic carbocycles. The van der Waals surface area contributed by atoms with E-state index in [4.69, 9.17) is 10.5 Å². The van der Waals surface area contributed by atoms with Gasteiger partial charge in [0.25, 0.3) is 0 Å². The minimum atomic E-state index is -4.84. The van der Waals surface area contributed by atoms with Gasteiger partial charge in [-0.3, -0.25) is 4.79 Å². The molecule has 0 amide bonds. The van der Waals surface area contributed by atoms with Crippen molar-refractivity contribution in [3.63, 3.8) is 0 Å². The number of esters is 1. The molecule has 0 saturated carbocycles. The first-order valence-corrected chi connectivity index (χ1v) is 6.01. The van der Waals surface area contributed by atoms with Crippen molar-refractivity contribution in [3.05, 3.63) is 22.2 Å². The van der Waals surface area contributed by atoms with Gasteiger partial charge in [-0.15, -0.1) is 13.2 Å². The molecule has 0 saturated heterocycles. The zero-order valence-electron chi connectivity index (χ0n) is 9.88. The van der Waals surface area contributed by atoms with E-state index in [2.05, 4.69) is 20.7 Å². The summed E-state index contributed by atoms with van der Waals surface area (Å²) >= 11 is 2.90. The number of nitrogens with two attached hydrogens (primary N) is 1. The molecule has 0 aliphatic heterocycles. The maximum absolute atomic E-state index is 12.2. The molecule has 0 bridgehead atoms. The highest BCUT2D eigenvalue weighted by Crippen LogP contribution is 2.35. The number of carbonyl (C=O) groups excluding carboxylic acids is 1. The quantitative estimate of drug-likeness (QED) is 0.675. The van der Waals surface area contributed by atoms with Gasteiger partial charge in [-0.05, 0) is 40.5 Å². The summed E-state index contributed by atoms with van der Waals surface area (Å²) < 4.78 is 45.1. The van der Waals surface area contributed by atoms with Crippen molar-refractivity contribution in [1.29, 1.82) is 0 Å². The van der Waals surface area contributed by atoms with Crippen LogP contribution in [0.5, 0.6) is 5.75 Å². The van der Waals surface area contributed by atoms with Crippen molar-refractivity contribution in [2.75, 3.05) is 12.3 Å². The average Bonchev–Trinajstić information content (AvgIpc) is 2.23. The third-order valence-electron chi connectivity index (χ3n) is 2.01. The first kappa shape index (κ1) is 15.6. The average molecular weight is 342 g/mol. The predicted molar refractivity (Wildman–Crippen MR) is 65.6 cm³/mol. The molecule has 0 radical (unpaired) electrons. The van der Waals surface area contributed by atoms with Crippen LogP contribution in [0, 0.1) is 0 Å². The first-order chi connectivity index (χ1) is 8.73. The number of nitrogen functional groups attached to an aromatic ring is 1. The van der Waals surface area contributed by atoms with E-state index in [0.717, 1.165) is 6.07 Å². The zero-order chi connectivity index (χ0) is 14.6. The maximum Gasteiger partial charge on any atom is 0.573 e. The van der Waals surface area contributed by atoms with Crippen LogP contribution in [0.15, 0.2) is 16.6 Å². The summed E-state index contributed by atoms with van der Waals surface area (Å²) in [7, 11) is 0. The molecule has 0 spiro atoms. The molecule has 0 aliphatic carbocycles. The summed E-state index contributed by atoms with van der Waals surface area (Å²) in [5, 5.41) is 0. The van der Waals surface area contributed by atoms with Gasteiger partial charge < -0.3 is 15.2 Å². The van der Waals surface area contributed by atoms with Crippen LogP contribution in [0.4, 0.5) is 18.9 Å². The first-order valence-electron chi connectivity index (χ1n) is 5.22. The number of alkyl halides is 3. The summed E-state index contributed by atoms with van der Waals surface area (Å²) in [4.78, 5) is 11.3. The zero-order valence-corrected chi connectivity index (χ0v) is 11.5. The van der Waals surface area contributed by atoms with Gasteiger partial charge in [0.2, 0.25) is 0 Å². The number of carbonyl (C=O) groups is 1. The Kier molecular flexibility index (Phi) is 5.04. The fourth-order valence-electron chi connectivity index (χ4n) is 1.36. The minimum absolute atomic E-state index is 0.0163. The molecule has 4 nitrogen and oxygen atoms in total. The van der Waals surface area contributed by atoms with E-state index in [-0.39, 0.29) is 28.8 Å². The highest BCUT2D eigenvalue weighted by Gasteiger charge is 2.32. The van der Waals surface area contributed by atoms with E-state index in [9.17, 15) is 18.0 Å². The number of hydrogen-bond acceptors (Lipinski definition) is 4. The minimum Gasteiger partial charge on any atom is -0.466 e. The standard InChI is InChI=1S/C11H11BrF3NO3/c1-2-18-9(17)5-6-3-7(16)10(12)8(4-6)19-11(13,14)15/h3-4H,2,5,16H2,1H3. The topological polar surface area (TPSA) is 61.5 Å². The van der Waals surface area contributed by atoms with Crippen LogP contribution >= 0.6 is 15.9 Å². The Morgan fingerprint density at radius 3 is 2.58 bits per heavy atom. The number of rotatable bonds is 4. The normalized spacial score (nSPS) is 11.2. The maximum atomic E-state index is 12.2. The van der Waals surface area contributed by atoms with Crippen molar-refractivity contribution >= 4 is 27.6 Å². The summed E-state index contributed by atoms with van der Waals surface area (Å²) in [6.45, 7) is 1.82. The molecular formula is C11H11BrF3NO3. The molecular weight excluding hydrogens is 331 g/mol. The van der Waals surface area contributed by atoms with Crippen LogP contribution in [0.25, 0.3) is 0 Å². The molecule has 106 valence electrons. The van der Waals surface area contributed by atoms with E-state index in [1.807, 2.05) is 0 Å². The van der Waals surface area contributed by atoms with Crippen LogP contribution in [0.1, 0.15) is 12.5 Å². The predicted octanol–water partition coefficient (Wildman–Crippen LogP) is 3.04. The lowest BCUT2D eigenvalue weighted by molar-refractivity contribution is -0.274. The van der Waals surface area contributed by atoms with E-state index < -0.39 is 18.1 Å². The molecule has 0 fully saturated rings. The fraction of sp³-hybridized carbons (Fsp3) is 0.364. The lowest BCUT2D eigenvalue weighted by atomic mass is 10.1. The van der Waals surface area contributed by atoms with Crippen molar-refractivity contribution in [3.8, 4) is 5.75 Å². The largest absolute Gasteiger partial charge is 0.573 e. The Morgan fingerprint density at radius 2 is 2.05 bits per heavy atom. The molecule has 0 atom stereocenters. The molecule has 0 aliphatic rings. The van der Waals surface area contributed by atoms with Gasteiger partial charge in [0, 0.05) is 5.69 Å². The summed E-state index contributed by atoms with van der Waals surface area (Å²) in [5.74, 6) is -1.05. The SMILES string of the molecule is CCOC(=O)Cc1cc(N)c(Br)c(OC(F)(F)F)c1. The number of halogens is 4. The Morgan fingerprint density at radius 1 is 1.42 bits per heavy atom. The molecule has 19 heavy (non-hydrogen) atoms. The summed E-state index contributed by atoms with van der Waals surface area (Å²) in [6.07, 6.45) is -5.02. The Bertz CT molecular complexity index is 477. The van der Waals surface area contributed by atoms with Gasteiger partial charge >= 0.3 is 12.3 Å². The van der Waals surface area contributed by atoms with Crippen LogP contribution in [-0.2, 0) is 16.0 Å². The molecule has 2 N–H and O–H groups in total. The fourth-order valence-corrected chi connectivity index (χ4v) is 1.67. The van der Waals surface area contributed by atoms with Crippen LogP contribution < -0.4 is 10.5 Å². The summed E-state index contributed by atoms with van der Waals surface area (Å²) in [6, 6.07) is 2.47. The molecule has 0 unspecified atom stereocenters. The van der Waals surface area contributed by atoms with Crippen molar-refractivity contribution in [1.82, 2.24) is 0 Å². The van der Waals surface area contributed by atoms with Crippen LogP contribution in [-0.4, -0.2) is 18.9 Å².